The minimum absolute atomic E-state index is 0. The molecule has 2 nitrogen and oxygen atoms in total. The van der Waals surface area contributed by atoms with Crippen LogP contribution >= 0.6 is 24.8 Å². The van der Waals surface area contributed by atoms with Gasteiger partial charge < -0.3 is 11.1 Å². The van der Waals surface area contributed by atoms with Gasteiger partial charge in [-0.3, -0.25) is 0 Å². The van der Waals surface area contributed by atoms with E-state index >= 15 is 0 Å². The normalized spacial score (nSPS) is 13.5. The molecule has 74 valence electrons. The third kappa shape index (κ3) is 2.50. The van der Waals surface area contributed by atoms with E-state index < -0.39 is 0 Å². The smallest absolute Gasteiger partial charge is 0.0350 e. The van der Waals surface area contributed by atoms with Crippen molar-refractivity contribution in [3.8, 4) is 0 Å². The van der Waals surface area contributed by atoms with Gasteiger partial charge in [-0.25, -0.2) is 0 Å². The number of halogens is 2. The van der Waals surface area contributed by atoms with Crippen LogP contribution in [0.2, 0.25) is 0 Å². The highest BCUT2D eigenvalue weighted by molar-refractivity contribution is 5.85. The number of fused-ring (bicyclic) bond motifs is 1. The van der Waals surface area contributed by atoms with Crippen molar-refractivity contribution in [1.29, 1.82) is 0 Å². The molecule has 0 bridgehead atoms. The van der Waals surface area contributed by atoms with Crippen molar-refractivity contribution in [3.63, 3.8) is 0 Å². The first-order valence-corrected chi connectivity index (χ1v) is 3.95. The second-order valence-electron chi connectivity index (χ2n) is 2.91. The van der Waals surface area contributed by atoms with Crippen LogP contribution in [0.5, 0.6) is 0 Å². The molecule has 1 heterocycles. The van der Waals surface area contributed by atoms with E-state index in [1.807, 2.05) is 12.1 Å². The van der Waals surface area contributed by atoms with Crippen LogP contribution in [0, 0.1) is 0 Å². The van der Waals surface area contributed by atoms with E-state index in [0.717, 1.165) is 25.2 Å². The van der Waals surface area contributed by atoms with Crippen molar-refractivity contribution >= 4 is 30.5 Å². The molecular formula is C9H14Cl2N2. The van der Waals surface area contributed by atoms with Crippen LogP contribution < -0.4 is 11.1 Å². The third-order valence-electron chi connectivity index (χ3n) is 2.18. The Balaban J connectivity index is 0.000000720. The first-order valence-electron chi connectivity index (χ1n) is 3.95. The zero-order valence-electron chi connectivity index (χ0n) is 7.25. The topological polar surface area (TPSA) is 38.0 Å². The Labute approximate surface area is 90.7 Å². The molecular weight excluding hydrogens is 207 g/mol. The highest BCUT2D eigenvalue weighted by atomic mass is 35.5. The molecule has 0 saturated heterocycles. The summed E-state index contributed by atoms with van der Waals surface area (Å²) in [6, 6.07) is 6.13. The van der Waals surface area contributed by atoms with Gasteiger partial charge in [-0.1, -0.05) is 12.1 Å². The minimum Gasteiger partial charge on any atom is -0.398 e. The first-order chi connectivity index (χ1) is 5.38. The van der Waals surface area contributed by atoms with Gasteiger partial charge in [-0.15, -0.1) is 24.8 Å². The lowest BCUT2D eigenvalue weighted by Crippen LogP contribution is -2.24. The van der Waals surface area contributed by atoms with Gasteiger partial charge in [0.1, 0.15) is 0 Å². The van der Waals surface area contributed by atoms with E-state index in [-0.39, 0.29) is 24.8 Å². The van der Waals surface area contributed by atoms with Crippen LogP contribution in [0.25, 0.3) is 0 Å². The fourth-order valence-electron chi connectivity index (χ4n) is 1.56. The van der Waals surface area contributed by atoms with E-state index in [4.69, 9.17) is 5.73 Å². The second-order valence-corrected chi connectivity index (χ2v) is 2.91. The van der Waals surface area contributed by atoms with Gasteiger partial charge in [-0.05, 0) is 30.2 Å². The van der Waals surface area contributed by atoms with Gasteiger partial charge >= 0.3 is 0 Å². The first kappa shape index (κ1) is 12.6. The van der Waals surface area contributed by atoms with Crippen LogP contribution in [0.1, 0.15) is 11.1 Å². The van der Waals surface area contributed by atoms with Crippen molar-refractivity contribution in [2.24, 2.45) is 0 Å². The number of nitrogens with one attached hydrogen (secondary N) is 1. The van der Waals surface area contributed by atoms with E-state index in [1.165, 1.54) is 11.1 Å². The molecule has 0 aliphatic carbocycles. The summed E-state index contributed by atoms with van der Waals surface area (Å²) in [5.41, 5.74) is 9.46. The summed E-state index contributed by atoms with van der Waals surface area (Å²) >= 11 is 0. The molecule has 4 heteroatoms. The summed E-state index contributed by atoms with van der Waals surface area (Å²) < 4.78 is 0. The largest absolute Gasteiger partial charge is 0.398 e. The van der Waals surface area contributed by atoms with Gasteiger partial charge in [0.25, 0.3) is 0 Å². The van der Waals surface area contributed by atoms with E-state index in [2.05, 4.69) is 11.4 Å². The lowest BCUT2D eigenvalue weighted by atomic mass is 9.99. The zero-order valence-corrected chi connectivity index (χ0v) is 8.88. The number of nitrogens with two attached hydrogens (primary N) is 1. The molecule has 1 aliphatic rings. The number of benzene rings is 1. The summed E-state index contributed by atoms with van der Waals surface area (Å²) in [6.45, 7) is 2.03. The van der Waals surface area contributed by atoms with Crippen molar-refractivity contribution < 1.29 is 0 Å². The average Bonchev–Trinajstić information content (AvgIpc) is 2.06. The zero-order chi connectivity index (χ0) is 7.68. The summed E-state index contributed by atoms with van der Waals surface area (Å²) in [5, 5.41) is 3.31. The molecule has 0 atom stereocenters. The molecule has 0 saturated carbocycles. The molecule has 2 rings (SSSR count). The molecule has 0 aromatic heterocycles. The fourth-order valence-corrected chi connectivity index (χ4v) is 1.56. The maximum atomic E-state index is 5.81. The second kappa shape index (κ2) is 5.32. The van der Waals surface area contributed by atoms with Gasteiger partial charge in [0.05, 0.1) is 0 Å². The number of rotatable bonds is 0. The predicted molar refractivity (Wildman–Crippen MR) is 60.8 cm³/mol. The number of nitrogen functional groups attached to an aromatic ring is 1. The maximum absolute atomic E-state index is 5.81. The summed E-state index contributed by atoms with van der Waals surface area (Å²) in [6.07, 6.45) is 1.07. The Hall–Kier alpha value is -0.440. The Kier molecular flexibility index (Phi) is 5.14. The monoisotopic (exact) mass is 220 g/mol. The van der Waals surface area contributed by atoms with Crippen LogP contribution in [-0.4, -0.2) is 6.54 Å². The fraction of sp³-hybridized carbons (Fsp3) is 0.333. The van der Waals surface area contributed by atoms with Crippen molar-refractivity contribution in [2.75, 3.05) is 12.3 Å². The lowest BCUT2D eigenvalue weighted by Gasteiger charge is -2.18. The van der Waals surface area contributed by atoms with Gasteiger partial charge in [0.15, 0.2) is 0 Å². The molecule has 0 unspecified atom stereocenters. The molecule has 1 aromatic carbocycles. The Morgan fingerprint density at radius 3 is 2.69 bits per heavy atom. The average molecular weight is 221 g/mol. The summed E-state index contributed by atoms with van der Waals surface area (Å²) in [5.74, 6) is 0. The quantitative estimate of drug-likeness (QED) is 0.655. The highest BCUT2D eigenvalue weighted by Gasteiger charge is 2.09. The van der Waals surface area contributed by atoms with Gasteiger partial charge in [0.2, 0.25) is 0 Å². The summed E-state index contributed by atoms with van der Waals surface area (Å²) in [7, 11) is 0. The van der Waals surface area contributed by atoms with Crippen LogP contribution in [0.4, 0.5) is 5.69 Å². The van der Waals surface area contributed by atoms with E-state index in [9.17, 15) is 0 Å². The Bertz CT molecular complexity index is 276. The Morgan fingerprint density at radius 2 is 2.00 bits per heavy atom. The molecule has 0 radical (unpaired) electrons. The lowest BCUT2D eigenvalue weighted by molar-refractivity contribution is 0.645. The van der Waals surface area contributed by atoms with Gasteiger partial charge in [-0.2, -0.15) is 0 Å². The maximum Gasteiger partial charge on any atom is 0.0350 e. The molecule has 13 heavy (non-hydrogen) atoms. The number of hydrogen-bond acceptors (Lipinski definition) is 2. The minimum atomic E-state index is 0. The van der Waals surface area contributed by atoms with Crippen LogP contribution in [0.15, 0.2) is 18.2 Å². The van der Waals surface area contributed by atoms with Crippen LogP contribution in [0.3, 0.4) is 0 Å². The predicted octanol–water partition coefficient (Wildman–Crippen LogP) is 1.76. The standard InChI is InChI=1S/C9H12N2.2ClH/c10-9-3-1-2-7-6-11-5-4-8(7)9;;/h1-3,11H,4-6,10H2;2*1H. The molecule has 0 amide bonds. The van der Waals surface area contributed by atoms with Crippen molar-refractivity contribution in [2.45, 2.75) is 13.0 Å². The van der Waals surface area contributed by atoms with Crippen molar-refractivity contribution in [1.82, 2.24) is 5.32 Å². The molecule has 0 spiro atoms. The van der Waals surface area contributed by atoms with Crippen LogP contribution in [-0.2, 0) is 13.0 Å². The SMILES string of the molecule is Cl.Cl.Nc1cccc2c1CCNC2. The summed E-state index contributed by atoms with van der Waals surface area (Å²) in [4.78, 5) is 0. The molecule has 1 aliphatic heterocycles. The van der Waals surface area contributed by atoms with Crippen molar-refractivity contribution in [3.05, 3.63) is 29.3 Å². The Morgan fingerprint density at radius 1 is 1.23 bits per heavy atom. The number of anilines is 1. The molecule has 3 N–H and O–H groups in total. The molecule has 1 aromatic rings. The molecule has 0 fully saturated rings. The number of hydrogen-bond donors (Lipinski definition) is 2. The van der Waals surface area contributed by atoms with E-state index in [1.54, 1.807) is 0 Å². The van der Waals surface area contributed by atoms with Gasteiger partial charge in [0, 0.05) is 12.2 Å². The van der Waals surface area contributed by atoms with E-state index in [0.29, 0.717) is 0 Å². The third-order valence-corrected chi connectivity index (χ3v) is 2.18. The highest BCUT2D eigenvalue weighted by Crippen LogP contribution is 2.19.